The number of hydrogen-bond acceptors (Lipinski definition) is 6. The van der Waals surface area contributed by atoms with E-state index in [0.717, 1.165) is 34.4 Å². The second-order valence-corrected chi connectivity index (χ2v) is 10.7. The Hall–Kier alpha value is -4.26. The maximum atomic E-state index is 14.0. The molecule has 0 spiro atoms. The second kappa shape index (κ2) is 11.1. The molecule has 0 N–H and O–H groups in total. The van der Waals surface area contributed by atoms with Gasteiger partial charge in [-0.2, -0.15) is 0 Å². The van der Waals surface area contributed by atoms with Crippen LogP contribution in [0, 0.1) is 19.8 Å². The summed E-state index contributed by atoms with van der Waals surface area (Å²) in [4.78, 5) is 29.6. The minimum atomic E-state index is -0.662. The molecule has 0 radical (unpaired) electrons. The third kappa shape index (κ3) is 5.04. The van der Waals surface area contributed by atoms with Gasteiger partial charge in [0, 0.05) is 6.54 Å². The van der Waals surface area contributed by atoms with E-state index in [9.17, 15) is 9.59 Å². The first-order chi connectivity index (χ1) is 19.2. The first-order valence-corrected chi connectivity index (χ1v) is 13.5. The lowest BCUT2D eigenvalue weighted by Gasteiger charge is -2.26. The molecular formula is C33H35NO6. The number of carbonyl (C=O) groups excluding carboxylic acids is 1. The molecule has 1 amide bonds. The van der Waals surface area contributed by atoms with Crippen LogP contribution in [0.4, 0.5) is 0 Å². The predicted molar refractivity (Wildman–Crippen MR) is 155 cm³/mol. The van der Waals surface area contributed by atoms with E-state index in [1.54, 1.807) is 19.1 Å². The number of ether oxygens (including phenoxy) is 3. The van der Waals surface area contributed by atoms with E-state index in [1.807, 2.05) is 68.4 Å². The highest BCUT2D eigenvalue weighted by molar-refractivity contribution is 5.99. The van der Waals surface area contributed by atoms with Crippen LogP contribution in [0.3, 0.4) is 0 Å². The van der Waals surface area contributed by atoms with Gasteiger partial charge in [-0.1, -0.05) is 32.0 Å². The largest absolute Gasteiger partial charge is 0.497 e. The van der Waals surface area contributed by atoms with Gasteiger partial charge in [0.15, 0.2) is 16.9 Å². The predicted octanol–water partition coefficient (Wildman–Crippen LogP) is 6.60. The molecule has 0 saturated carbocycles. The summed E-state index contributed by atoms with van der Waals surface area (Å²) in [6.45, 7) is 9.06. The summed E-state index contributed by atoms with van der Waals surface area (Å²) >= 11 is 0. The molecule has 1 aromatic heterocycles. The van der Waals surface area contributed by atoms with E-state index < -0.39 is 6.04 Å². The number of fused-ring (bicyclic) bond motifs is 2. The van der Waals surface area contributed by atoms with Gasteiger partial charge in [-0.3, -0.25) is 9.59 Å². The first-order valence-electron chi connectivity index (χ1n) is 13.5. The van der Waals surface area contributed by atoms with Gasteiger partial charge in [0.05, 0.1) is 37.8 Å². The summed E-state index contributed by atoms with van der Waals surface area (Å²) in [6.07, 6.45) is 0.915. The lowest BCUT2D eigenvalue weighted by Crippen LogP contribution is -2.29. The molecule has 7 nitrogen and oxygen atoms in total. The molecule has 0 fully saturated rings. The van der Waals surface area contributed by atoms with Gasteiger partial charge in [0.1, 0.15) is 11.3 Å². The standard InChI is InChI=1S/C33H35NO6/c1-19(2)13-14-39-26-12-9-23(17-28(26)38-6)30-29-31(35)25-15-20(3)21(4)16-27(25)40-32(29)33(36)34(30)18-22-7-10-24(37-5)11-8-22/h7-12,15-17,19,30H,13-14,18H2,1-6H3. The zero-order valence-corrected chi connectivity index (χ0v) is 23.9. The molecule has 0 aliphatic carbocycles. The Morgan fingerprint density at radius 1 is 0.900 bits per heavy atom. The molecule has 0 bridgehead atoms. The summed E-state index contributed by atoms with van der Waals surface area (Å²) in [5.41, 5.74) is 4.17. The van der Waals surface area contributed by atoms with E-state index in [-0.39, 0.29) is 23.6 Å². The van der Waals surface area contributed by atoms with Crippen LogP contribution in [0.25, 0.3) is 11.0 Å². The number of aryl methyl sites for hydroxylation is 2. The third-order valence-electron chi connectivity index (χ3n) is 7.55. The van der Waals surface area contributed by atoms with Gasteiger partial charge >= 0.3 is 0 Å². The zero-order valence-electron chi connectivity index (χ0n) is 23.9. The van der Waals surface area contributed by atoms with Crippen LogP contribution in [-0.4, -0.2) is 31.6 Å². The summed E-state index contributed by atoms with van der Waals surface area (Å²) in [5, 5.41) is 0.464. The average molecular weight is 542 g/mol. The molecule has 1 unspecified atom stereocenters. The highest BCUT2D eigenvalue weighted by Crippen LogP contribution is 2.42. The smallest absolute Gasteiger partial charge is 0.291 e. The SMILES string of the molecule is COc1ccc(CN2C(=O)c3oc4cc(C)c(C)cc4c(=O)c3C2c2ccc(OCCC(C)C)c(OC)c2)cc1. The topological polar surface area (TPSA) is 78.2 Å². The van der Waals surface area contributed by atoms with Crippen molar-refractivity contribution >= 4 is 16.9 Å². The molecule has 7 heteroatoms. The minimum absolute atomic E-state index is 0.0792. The molecule has 208 valence electrons. The number of hydrogen-bond donors (Lipinski definition) is 0. The van der Waals surface area contributed by atoms with Crippen LogP contribution in [0.1, 0.15) is 64.7 Å². The number of carbonyl (C=O) groups is 1. The average Bonchev–Trinajstić information content (AvgIpc) is 3.21. The fourth-order valence-electron chi connectivity index (χ4n) is 5.09. The van der Waals surface area contributed by atoms with Crippen molar-refractivity contribution in [3.8, 4) is 17.2 Å². The monoisotopic (exact) mass is 541 g/mol. The van der Waals surface area contributed by atoms with Crippen molar-refractivity contribution in [2.75, 3.05) is 20.8 Å². The highest BCUT2D eigenvalue weighted by atomic mass is 16.5. The molecule has 1 aliphatic heterocycles. The summed E-state index contributed by atoms with van der Waals surface area (Å²) in [6, 6.07) is 16.1. The van der Waals surface area contributed by atoms with E-state index in [2.05, 4.69) is 13.8 Å². The Kier molecular flexibility index (Phi) is 7.57. The lowest BCUT2D eigenvalue weighted by molar-refractivity contribution is 0.0714. The van der Waals surface area contributed by atoms with E-state index >= 15 is 0 Å². The van der Waals surface area contributed by atoms with Gasteiger partial charge in [0.25, 0.3) is 5.91 Å². The van der Waals surface area contributed by atoms with Crippen molar-refractivity contribution < 1.29 is 23.4 Å². The second-order valence-electron chi connectivity index (χ2n) is 10.7. The van der Waals surface area contributed by atoms with Gasteiger partial charge < -0.3 is 23.5 Å². The Morgan fingerprint density at radius 3 is 2.30 bits per heavy atom. The molecular weight excluding hydrogens is 506 g/mol. The van der Waals surface area contributed by atoms with Crippen LogP contribution in [0.5, 0.6) is 17.2 Å². The van der Waals surface area contributed by atoms with Gasteiger partial charge in [-0.05, 0) is 84.8 Å². The number of benzene rings is 3. The Morgan fingerprint density at radius 2 is 1.62 bits per heavy atom. The Labute approximate surface area is 234 Å². The van der Waals surface area contributed by atoms with Crippen LogP contribution in [0.15, 0.2) is 63.8 Å². The molecule has 4 aromatic rings. The van der Waals surface area contributed by atoms with Crippen molar-refractivity contribution in [2.24, 2.45) is 5.92 Å². The fourth-order valence-corrected chi connectivity index (χ4v) is 5.09. The van der Waals surface area contributed by atoms with Gasteiger partial charge in [-0.15, -0.1) is 0 Å². The highest BCUT2D eigenvalue weighted by Gasteiger charge is 2.43. The molecule has 2 heterocycles. The fraction of sp³-hybridized carbons (Fsp3) is 0.333. The number of methoxy groups -OCH3 is 2. The van der Waals surface area contributed by atoms with Crippen LogP contribution >= 0.6 is 0 Å². The maximum absolute atomic E-state index is 14.0. The molecule has 5 rings (SSSR count). The van der Waals surface area contributed by atoms with Crippen LogP contribution in [-0.2, 0) is 6.54 Å². The van der Waals surface area contributed by atoms with Crippen molar-refractivity contribution in [1.82, 2.24) is 4.90 Å². The van der Waals surface area contributed by atoms with E-state index in [1.165, 1.54) is 0 Å². The maximum Gasteiger partial charge on any atom is 0.291 e. The molecule has 0 saturated heterocycles. The number of nitrogens with zero attached hydrogens (tertiary/aromatic N) is 1. The van der Waals surface area contributed by atoms with Crippen molar-refractivity contribution in [3.63, 3.8) is 0 Å². The van der Waals surface area contributed by atoms with Crippen LogP contribution < -0.4 is 19.6 Å². The molecule has 40 heavy (non-hydrogen) atoms. The lowest BCUT2D eigenvalue weighted by atomic mass is 9.97. The summed E-state index contributed by atoms with van der Waals surface area (Å²) < 4.78 is 23.2. The summed E-state index contributed by atoms with van der Waals surface area (Å²) in [5.74, 6) is 2.15. The molecule has 1 aliphatic rings. The Bertz CT molecular complexity index is 1620. The summed E-state index contributed by atoms with van der Waals surface area (Å²) in [7, 11) is 3.20. The van der Waals surface area contributed by atoms with Crippen molar-refractivity contribution in [2.45, 2.75) is 46.7 Å². The minimum Gasteiger partial charge on any atom is -0.497 e. The quantitative estimate of drug-likeness (QED) is 0.238. The van der Waals surface area contributed by atoms with Crippen LogP contribution in [0.2, 0.25) is 0 Å². The Balaban J connectivity index is 1.64. The third-order valence-corrected chi connectivity index (χ3v) is 7.55. The number of amides is 1. The van der Waals surface area contributed by atoms with E-state index in [4.69, 9.17) is 18.6 Å². The zero-order chi connectivity index (χ0) is 28.6. The number of rotatable bonds is 9. The molecule has 3 aromatic carbocycles. The molecule has 1 atom stereocenters. The van der Waals surface area contributed by atoms with E-state index in [0.29, 0.717) is 40.6 Å². The van der Waals surface area contributed by atoms with Gasteiger partial charge in [-0.25, -0.2) is 0 Å². The van der Waals surface area contributed by atoms with Crippen molar-refractivity contribution in [1.29, 1.82) is 0 Å². The first kappa shape index (κ1) is 27.3. The van der Waals surface area contributed by atoms with Crippen molar-refractivity contribution in [3.05, 3.63) is 98.4 Å². The van der Waals surface area contributed by atoms with Gasteiger partial charge in [0.2, 0.25) is 5.76 Å². The normalized spacial score (nSPS) is 14.6.